The molecule has 0 aromatic heterocycles. The lowest BCUT2D eigenvalue weighted by Gasteiger charge is -2.18. The molecule has 3 rings (SSSR count). The highest BCUT2D eigenvalue weighted by Gasteiger charge is 2.25. The van der Waals surface area contributed by atoms with Crippen LogP contribution < -0.4 is 0 Å². The van der Waals surface area contributed by atoms with Crippen molar-refractivity contribution >= 4 is 56.4 Å². The molecule has 0 heterocycles. The van der Waals surface area contributed by atoms with Crippen LogP contribution in [0.1, 0.15) is 32.3 Å². The summed E-state index contributed by atoms with van der Waals surface area (Å²) in [6, 6.07) is 16.5. The van der Waals surface area contributed by atoms with E-state index in [0.29, 0.717) is 16.2 Å². The predicted molar refractivity (Wildman–Crippen MR) is 135 cm³/mol. The van der Waals surface area contributed by atoms with Gasteiger partial charge in [0.2, 0.25) is 0 Å². The van der Waals surface area contributed by atoms with Gasteiger partial charge in [-0.25, -0.2) is 0 Å². The van der Waals surface area contributed by atoms with E-state index >= 15 is 0 Å². The molecule has 0 amide bonds. The van der Waals surface area contributed by atoms with Crippen molar-refractivity contribution < 1.29 is 20.1 Å². The standard InChI is InChI=1S/C22H20O4S.IPS/c1-13-3-12-19(20(25)14(13)2)27-22(16-6-10-18(24)11-7-16)21(26)15-4-8-17(23)9-5-15;1-2-3/h3-12,22-25H,1-2H3;/i/hT. The maximum Gasteiger partial charge on any atom is 0.293 e. The van der Waals surface area contributed by atoms with Gasteiger partial charge in [-0.2, -0.15) is 0 Å². The Labute approximate surface area is 201 Å². The molecule has 4 nitrogen and oxygen atoms in total. The van der Waals surface area contributed by atoms with Crippen LogP contribution in [0.5, 0.6) is 17.2 Å². The Morgan fingerprint density at radius 3 is 2.17 bits per heavy atom. The van der Waals surface area contributed by atoms with Crippen LogP contribution in [0.3, 0.4) is 0 Å². The zero-order chi connectivity index (χ0) is 23.0. The van der Waals surface area contributed by atoms with Gasteiger partial charge in [0, 0.05) is 10.6 Å². The minimum absolute atomic E-state index is 0.0875. The van der Waals surface area contributed by atoms with Crippen molar-refractivity contribution in [2.45, 2.75) is 24.0 Å². The van der Waals surface area contributed by atoms with Crippen molar-refractivity contribution in [2.75, 3.05) is 0 Å². The third-order valence-corrected chi connectivity index (χ3v) is 5.79. The number of phenolic OH excluding ortho intramolecular Hbond substituents is 3. The van der Waals surface area contributed by atoms with Crippen LogP contribution in [0.15, 0.2) is 65.6 Å². The Bertz CT molecular complexity index is 1050. The summed E-state index contributed by atoms with van der Waals surface area (Å²) in [4.78, 5) is 14.8. The normalized spacial score (nSPS) is 11.8. The molecule has 3 N–H and O–H groups in total. The monoisotopic (exact) mass is 572 g/mol. The summed E-state index contributed by atoms with van der Waals surface area (Å²) in [5.74, 6) is 0.477. The maximum atomic E-state index is 13.2. The molecule has 0 aliphatic rings. The number of rotatable bonds is 6. The molecule has 1 atom stereocenters. The van der Waals surface area contributed by atoms with Crippen molar-refractivity contribution in [3.05, 3.63) is 82.9 Å². The van der Waals surface area contributed by atoms with Crippen LogP contribution in [-0.2, 0) is 11.8 Å². The Morgan fingerprint density at radius 1 is 1.03 bits per heavy atom. The Hall–Kier alpha value is -1.67. The third kappa shape index (κ3) is 6.41. The van der Waals surface area contributed by atoms with E-state index in [1.54, 1.807) is 42.5 Å². The van der Waals surface area contributed by atoms with E-state index in [0.717, 1.165) is 21.7 Å². The second kappa shape index (κ2) is 11.6. The van der Waals surface area contributed by atoms with E-state index in [2.05, 4.69) is 39.0 Å². The first-order valence-corrected chi connectivity index (χ1v) is 14.4. The van der Waals surface area contributed by atoms with E-state index in [4.69, 9.17) is 1.43 Å². The molecule has 0 aliphatic heterocycles. The molecule has 3 aromatic carbocycles. The molecule has 30 heavy (non-hydrogen) atoms. The zero-order valence-corrected chi connectivity index (χ0v) is 20.9. The lowest BCUT2D eigenvalue weighted by molar-refractivity contribution is 0.0989. The van der Waals surface area contributed by atoms with Crippen molar-refractivity contribution in [3.8, 4) is 17.2 Å². The van der Waals surface area contributed by atoms with Gasteiger partial charge in [-0.3, -0.25) is 4.79 Å². The van der Waals surface area contributed by atoms with E-state index in [9.17, 15) is 15.0 Å². The topological polar surface area (TPSA) is 77.8 Å². The number of aromatic hydroxyl groups is 3. The fraction of sp³-hybridized carbons (Fsp3) is 0.136. The van der Waals surface area contributed by atoms with E-state index in [1.165, 1.54) is 23.9 Å². The average molecular weight is 572 g/mol. The number of carbonyl (C=O) groups is 1. The lowest BCUT2D eigenvalue weighted by atomic mass is 10.0. The van der Waals surface area contributed by atoms with Gasteiger partial charge in [-0.05, 0) is 107 Å². The van der Waals surface area contributed by atoms with Crippen LogP contribution in [-0.4, -0.2) is 22.5 Å². The maximum absolute atomic E-state index is 13.2. The summed E-state index contributed by atoms with van der Waals surface area (Å²) in [7, 11) is 0. The number of aryl methyl sites for hydroxylation is 1. The van der Waals surface area contributed by atoms with Crippen molar-refractivity contribution in [2.24, 2.45) is 0 Å². The summed E-state index contributed by atoms with van der Waals surface area (Å²) in [6.07, 6.45) is 0. The quantitative estimate of drug-likeness (QED) is 0.129. The van der Waals surface area contributed by atoms with Crippen LogP contribution >= 0.6 is 38.8 Å². The van der Waals surface area contributed by atoms with Gasteiger partial charge in [0.1, 0.15) is 17.2 Å². The molecule has 0 spiro atoms. The number of ketones is 1. The summed E-state index contributed by atoms with van der Waals surface area (Å²) < 4.78 is 6.98. The van der Waals surface area contributed by atoms with Crippen LogP contribution in [0, 0.1) is 13.8 Å². The van der Waals surface area contributed by atoms with Gasteiger partial charge in [0.05, 0.1) is 10.1 Å². The second-order valence-corrected chi connectivity index (χ2v) is 11.6. The van der Waals surface area contributed by atoms with Crippen LogP contribution in [0.2, 0.25) is 0 Å². The van der Waals surface area contributed by atoms with Gasteiger partial charge in [0.15, 0.2) is 5.78 Å². The third-order valence-electron chi connectivity index (χ3n) is 4.48. The van der Waals surface area contributed by atoms with Crippen molar-refractivity contribution in [1.29, 1.82) is 1.43 Å². The molecule has 0 radical (unpaired) electrons. The first-order chi connectivity index (χ1) is 14.8. The molecule has 0 aliphatic carbocycles. The van der Waals surface area contributed by atoms with E-state index < -0.39 is 5.25 Å². The molecule has 3 aromatic rings. The van der Waals surface area contributed by atoms with Crippen LogP contribution in [0.4, 0.5) is 0 Å². The first kappa shape index (κ1) is 23.0. The summed E-state index contributed by atoms with van der Waals surface area (Å²) in [5, 5.41) is 23.9. The summed E-state index contributed by atoms with van der Waals surface area (Å²) in [5.41, 5.74) is 2.93. The van der Waals surface area contributed by atoms with Gasteiger partial charge in [-0.15, -0.1) is 11.8 Å². The number of hydrogen-bond acceptors (Lipinski definition) is 6. The minimum Gasteiger partial charge on any atom is -0.508 e. The molecule has 0 bridgehead atoms. The highest BCUT2D eigenvalue weighted by Crippen LogP contribution is 2.43. The number of phenols is 3. The minimum atomic E-state index is -0.614. The summed E-state index contributed by atoms with van der Waals surface area (Å²) in [6.45, 7) is 3.76. The molecule has 156 valence electrons. The molecule has 0 saturated carbocycles. The Kier molecular flexibility index (Phi) is 8.93. The number of benzene rings is 3. The highest BCUT2D eigenvalue weighted by molar-refractivity contribution is 14.2. The number of thioether (sulfide) groups is 1. The fourth-order valence-electron chi connectivity index (χ4n) is 2.69. The molecular formula is C22H20IO4PS2. The Balaban J connectivity index is 0.00000107. The van der Waals surface area contributed by atoms with Crippen LogP contribution in [0.25, 0.3) is 0 Å². The van der Waals surface area contributed by atoms with Gasteiger partial charge >= 0.3 is 0 Å². The number of halogens is 1. The molecule has 8 heteroatoms. The zero-order valence-electron chi connectivity index (χ0n) is 17.2. The van der Waals surface area contributed by atoms with Gasteiger partial charge in [0.25, 0.3) is 1.43 Å². The number of hydrogen-bond donors (Lipinski definition) is 3. The van der Waals surface area contributed by atoms with Gasteiger partial charge in [-0.1, -0.05) is 18.2 Å². The van der Waals surface area contributed by atoms with Gasteiger partial charge < -0.3 is 15.3 Å². The summed E-state index contributed by atoms with van der Waals surface area (Å²) >= 11 is 7.69. The van der Waals surface area contributed by atoms with Crippen molar-refractivity contribution in [3.63, 3.8) is 0 Å². The van der Waals surface area contributed by atoms with E-state index in [-0.39, 0.29) is 17.3 Å². The molecule has 0 saturated heterocycles. The first-order valence-electron chi connectivity index (χ1n) is 9.19. The molecule has 0 fully saturated rings. The molecule has 1 unspecified atom stereocenters. The molecular weight excluding hydrogens is 550 g/mol. The Morgan fingerprint density at radius 2 is 1.60 bits per heavy atom. The smallest absolute Gasteiger partial charge is 0.293 e. The largest absolute Gasteiger partial charge is 0.508 e. The second-order valence-electron chi connectivity index (χ2n) is 6.40. The predicted octanol–water partition coefficient (Wildman–Crippen LogP) is 6.88. The number of Topliss-reactive ketones (excluding diaryl/α,β-unsaturated/α-hetero) is 1. The lowest BCUT2D eigenvalue weighted by Crippen LogP contribution is -2.10. The highest BCUT2D eigenvalue weighted by atomic mass is 127. The fourth-order valence-corrected chi connectivity index (χ4v) is 3.89. The SMILES string of the molecule is S=PI.[3H]Oc1ccc(C(Sc2ccc(C)c(C)c2O)C(=O)c2ccc(O)cc2)cc1. The average Bonchev–Trinajstić information content (AvgIpc) is 2.78. The number of carbonyl (C=O) groups excluding carboxylic acids is 1. The van der Waals surface area contributed by atoms with Crippen molar-refractivity contribution in [1.82, 2.24) is 0 Å². The van der Waals surface area contributed by atoms with E-state index in [1.807, 2.05) is 19.9 Å².